The first-order valence-corrected chi connectivity index (χ1v) is 10.5. The van der Waals surface area contributed by atoms with E-state index in [1.165, 1.54) is 41.6 Å². The molecule has 0 aliphatic carbocycles. The highest BCUT2D eigenvalue weighted by molar-refractivity contribution is 7.89. The Labute approximate surface area is 163 Å². The first-order chi connectivity index (χ1) is 13.0. The van der Waals surface area contributed by atoms with Crippen LogP contribution in [0.4, 0.5) is 0 Å². The molecule has 28 heavy (non-hydrogen) atoms. The minimum Gasteiger partial charge on any atom is -0.497 e. The van der Waals surface area contributed by atoms with Gasteiger partial charge in [0.15, 0.2) is 0 Å². The standard InChI is InChI=1S/C14H20N6O6S2/c1-18(2)28(23,24)20-10-15-14(17-20)27(21,22)19(3)16-9-11-6-12(25-4)8-13(7-11)26-5/h6-10H,1-5H3/b16-9+. The van der Waals surface area contributed by atoms with Crippen molar-refractivity contribution in [1.29, 1.82) is 0 Å². The third-order valence-electron chi connectivity index (χ3n) is 3.47. The normalized spacial score (nSPS) is 12.5. The Hall–Kier alpha value is -2.71. The lowest BCUT2D eigenvalue weighted by Gasteiger charge is -2.11. The average molecular weight is 432 g/mol. The SMILES string of the molecule is COc1cc(/C=N/N(C)S(=O)(=O)c2ncn(S(=O)(=O)N(C)C)n2)cc(OC)c1. The summed E-state index contributed by atoms with van der Waals surface area (Å²) in [5.41, 5.74) is 0.520. The smallest absolute Gasteiger partial charge is 0.323 e. The fourth-order valence-corrected chi connectivity index (χ4v) is 3.38. The van der Waals surface area contributed by atoms with E-state index in [1.807, 2.05) is 0 Å². The molecule has 14 heteroatoms. The van der Waals surface area contributed by atoms with E-state index in [4.69, 9.17) is 9.47 Å². The molecule has 0 amide bonds. The van der Waals surface area contributed by atoms with Crippen molar-refractivity contribution >= 4 is 26.4 Å². The molecule has 0 N–H and O–H groups in total. The number of hydrogen-bond acceptors (Lipinski definition) is 9. The monoisotopic (exact) mass is 432 g/mol. The fraction of sp³-hybridized carbons (Fsp3) is 0.357. The molecule has 0 atom stereocenters. The van der Waals surface area contributed by atoms with Crippen molar-refractivity contribution in [2.75, 3.05) is 35.4 Å². The maximum Gasteiger partial charge on any atom is 0.323 e. The largest absolute Gasteiger partial charge is 0.497 e. The fourth-order valence-electron chi connectivity index (χ4n) is 1.86. The summed E-state index contributed by atoms with van der Waals surface area (Å²) in [6, 6.07) is 4.91. The van der Waals surface area contributed by atoms with Gasteiger partial charge in [0.1, 0.15) is 17.8 Å². The van der Waals surface area contributed by atoms with Gasteiger partial charge in [-0.1, -0.05) is 0 Å². The van der Waals surface area contributed by atoms with Crippen molar-refractivity contribution < 1.29 is 26.3 Å². The third-order valence-corrected chi connectivity index (χ3v) is 6.48. The van der Waals surface area contributed by atoms with Gasteiger partial charge in [-0.15, -0.1) is 9.19 Å². The molecular weight excluding hydrogens is 412 g/mol. The molecule has 0 saturated heterocycles. The molecule has 0 radical (unpaired) electrons. The highest BCUT2D eigenvalue weighted by atomic mass is 32.2. The molecule has 0 unspecified atom stereocenters. The Balaban J connectivity index is 2.30. The van der Waals surface area contributed by atoms with Crippen molar-refractivity contribution in [3.05, 3.63) is 30.1 Å². The molecule has 1 heterocycles. The van der Waals surface area contributed by atoms with Crippen LogP contribution < -0.4 is 9.47 Å². The summed E-state index contributed by atoms with van der Waals surface area (Å²) < 4.78 is 61.3. The second-order valence-corrected chi connectivity index (χ2v) is 9.36. The van der Waals surface area contributed by atoms with Gasteiger partial charge in [0, 0.05) is 32.8 Å². The Kier molecular flexibility index (Phi) is 6.26. The number of hydrogen-bond donors (Lipinski definition) is 0. The minimum absolute atomic E-state index is 0.463. The summed E-state index contributed by atoms with van der Waals surface area (Å²) in [4.78, 5) is 3.57. The van der Waals surface area contributed by atoms with Gasteiger partial charge in [-0.2, -0.15) is 30.7 Å². The zero-order valence-corrected chi connectivity index (χ0v) is 17.5. The maximum atomic E-state index is 12.5. The van der Waals surface area contributed by atoms with Crippen LogP contribution in [0.1, 0.15) is 5.56 Å². The molecule has 154 valence electrons. The van der Waals surface area contributed by atoms with Crippen LogP contribution in [-0.4, -0.2) is 81.3 Å². The molecule has 0 saturated carbocycles. The third kappa shape index (κ3) is 4.40. The number of nitrogens with zero attached hydrogens (tertiary/aromatic N) is 6. The number of benzene rings is 1. The molecule has 12 nitrogen and oxygen atoms in total. The molecule has 0 spiro atoms. The van der Waals surface area contributed by atoms with E-state index in [0.29, 0.717) is 25.6 Å². The number of ether oxygens (including phenoxy) is 2. The van der Waals surface area contributed by atoms with E-state index < -0.39 is 25.4 Å². The van der Waals surface area contributed by atoms with Crippen LogP contribution in [0, 0.1) is 0 Å². The Morgan fingerprint density at radius 1 is 1.04 bits per heavy atom. The minimum atomic E-state index is -4.26. The maximum absolute atomic E-state index is 12.5. The number of rotatable bonds is 8. The molecule has 1 aromatic heterocycles. The highest BCUT2D eigenvalue weighted by Crippen LogP contribution is 2.21. The lowest BCUT2D eigenvalue weighted by molar-refractivity contribution is 0.394. The number of aromatic nitrogens is 3. The van der Waals surface area contributed by atoms with Crippen LogP contribution in [0.5, 0.6) is 11.5 Å². The van der Waals surface area contributed by atoms with Crippen LogP contribution in [0.2, 0.25) is 0 Å². The second-order valence-electron chi connectivity index (χ2n) is 5.52. The van der Waals surface area contributed by atoms with Crippen LogP contribution in [-0.2, 0) is 20.2 Å². The molecule has 0 aliphatic rings. The average Bonchev–Trinajstić information content (AvgIpc) is 3.17. The Bertz CT molecular complexity index is 1060. The van der Waals surface area contributed by atoms with E-state index >= 15 is 0 Å². The first-order valence-electron chi connectivity index (χ1n) is 7.63. The predicted octanol–water partition coefficient (Wildman–Crippen LogP) is -0.396. The van der Waals surface area contributed by atoms with Gasteiger partial charge in [-0.05, 0) is 12.1 Å². The second kappa shape index (κ2) is 8.12. The quantitative estimate of drug-likeness (QED) is 0.406. The van der Waals surface area contributed by atoms with Crippen molar-refractivity contribution in [2.24, 2.45) is 5.10 Å². The van der Waals surface area contributed by atoms with Crippen LogP contribution in [0.3, 0.4) is 0 Å². The molecule has 0 aliphatic heterocycles. The summed E-state index contributed by atoms with van der Waals surface area (Å²) in [5, 5.41) is 6.69. The van der Waals surface area contributed by atoms with E-state index in [0.717, 1.165) is 10.6 Å². The summed E-state index contributed by atoms with van der Waals surface area (Å²) in [5.74, 6) is 1.00. The van der Waals surface area contributed by atoms with Crippen LogP contribution in [0.15, 0.2) is 34.8 Å². The molecule has 0 fully saturated rings. The van der Waals surface area contributed by atoms with Crippen LogP contribution in [0.25, 0.3) is 0 Å². The van der Waals surface area contributed by atoms with Crippen molar-refractivity contribution in [3.63, 3.8) is 0 Å². The summed E-state index contributed by atoms with van der Waals surface area (Å²) >= 11 is 0. The lowest BCUT2D eigenvalue weighted by Crippen LogP contribution is -2.30. The van der Waals surface area contributed by atoms with E-state index in [9.17, 15) is 16.8 Å². The molecule has 2 rings (SSSR count). The van der Waals surface area contributed by atoms with Crippen molar-refractivity contribution in [2.45, 2.75) is 5.16 Å². The van der Waals surface area contributed by atoms with E-state index in [1.54, 1.807) is 18.2 Å². The Morgan fingerprint density at radius 2 is 1.61 bits per heavy atom. The van der Waals surface area contributed by atoms with Gasteiger partial charge in [0.05, 0.1) is 20.4 Å². The van der Waals surface area contributed by atoms with Crippen LogP contribution >= 0.6 is 0 Å². The first kappa shape index (κ1) is 21.6. The van der Waals surface area contributed by atoms with Gasteiger partial charge >= 0.3 is 20.2 Å². The zero-order valence-electron chi connectivity index (χ0n) is 15.8. The van der Waals surface area contributed by atoms with E-state index in [-0.39, 0.29) is 0 Å². The zero-order chi connectivity index (χ0) is 21.1. The topological polar surface area (TPSA) is 136 Å². The molecule has 0 bridgehead atoms. The predicted molar refractivity (Wildman–Crippen MR) is 100 cm³/mol. The van der Waals surface area contributed by atoms with Gasteiger partial charge in [-0.3, -0.25) is 0 Å². The molecule has 2 aromatic rings. The highest BCUT2D eigenvalue weighted by Gasteiger charge is 2.27. The van der Waals surface area contributed by atoms with Gasteiger partial charge in [0.25, 0.3) is 5.16 Å². The van der Waals surface area contributed by atoms with E-state index in [2.05, 4.69) is 15.2 Å². The summed E-state index contributed by atoms with van der Waals surface area (Å²) in [6.45, 7) is 0. The Morgan fingerprint density at radius 3 is 2.11 bits per heavy atom. The number of hydrazone groups is 1. The summed E-state index contributed by atoms with van der Waals surface area (Å²) in [7, 11) is -1.55. The molecule has 1 aromatic carbocycles. The summed E-state index contributed by atoms with van der Waals surface area (Å²) in [6.07, 6.45) is 2.07. The van der Waals surface area contributed by atoms with Gasteiger partial charge in [-0.25, -0.2) is 4.98 Å². The molecular formula is C14H20N6O6S2. The van der Waals surface area contributed by atoms with Crippen molar-refractivity contribution in [3.8, 4) is 11.5 Å². The lowest BCUT2D eigenvalue weighted by atomic mass is 10.2. The van der Waals surface area contributed by atoms with Gasteiger partial charge < -0.3 is 9.47 Å². The van der Waals surface area contributed by atoms with Crippen molar-refractivity contribution in [1.82, 2.24) is 22.9 Å². The number of sulfonamides is 1. The van der Waals surface area contributed by atoms with Gasteiger partial charge in [0.2, 0.25) is 0 Å². The number of methoxy groups -OCH3 is 2.